The van der Waals surface area contributed by atoms with Crippen LogP contribution in [0.5, 0.6) is 0 Å². The second kappa shape index (κ2) is 9.40. The van der Waals surface area contributed by atoms with Gasteiger partial charge < -0.3 is 15.5 Å². The summed E-state index contributed by atoms with van der Waals surface area (Å²) in [4.78, 5) is 27.1. The van der Waals surface area contributed by atoms with Gasteiger partial charge in [-0.15, -0.1) is 0 Å². The molecule has 1 heterocycles. The molecular weight excluding hydrogens is 350 g/mol. The summed E-state index contributed by atoms with van der Waals surface area (Å²) in [6, 6.07) is 13.4. The number of carbonyl (C=O) groups is 2. The van der Waals surface area contributed by atoms with E-state index in [0.29, 0.717) is 5.56 Å². The Bertz CT molecular complexity index is 839. The molecule has 0 atom stereocenters. The second-order valence-corrected chi connectivity index (χ2v) is 7.45. The first-order valence-corrected chi connectivity index (χ1v) is 10.0. The average molecular weight is 380 g/mol. The van der Waals surface area contributed by atoms with Gasteiger partial charge in [-0.05, 0) is 62.1 Å². The Morgan fingerprint density at radius 1 is 0.929 bits per heavy atom. The third kappa shape index (κ3) is 5.12. The van der Waals surface area contributed by atoms with Crippen LogP contribution < -0.4 is 15.5 Å². The largest absolute Gasteiger partial charge is 0.370 e. The molecule has 0 saturated carbocycles. The fourth-order valence-corrected chi connectivity index (χ4v) is 3.51. The van der Waals surface area contributed by atoms with Crippen LogP contribution in [0.2, 0.25) is 0 Å². The SMILES string of the molecule is Cc1ccc(C(=O)NCC(=O)Nc2ccccc2N2CCCCCC2)cc1C. The van der Waals surface area contributed by atoms with Crippen LogP contribution in [0.1, 0.15) is 47.2 Å². The lowest BCUT2D eigenvalue weighted by molar-refractivity contribution is -0.115. The van der Waals surface area contributed by atoms with Gasteiger partial charge in [-0.3, -0.25) is 9.59 Å². The standard InChI is InChI=1S/C23H29N3O2/c1-17-11-12-19(15-18(17)2)23(28)24-16-22(27)25-20-9-5-6-10-21(20)26-13-7-3-4-8-14-26/h5-6,9-12,15H,3-4,7-8,13-14,16H2,1-2H3,(H,24,28)(H,25,27). The molecule has 148 valence electrons. The maximum Gasteiger partial charge on any atom is 0.251 e. The van der Waals surface area contributed by atoms with Gasteiger partial charge in [-0.1, -0.05) is 31.0 Å². The molecule has 2 N–H and O–H groups in total. The van der Waals surface area contributed by atoms with E-state index in [1.54, 1.807) is 6.07 Å². The molecule has 0 radical (unpaired) electrons. The molecule has 1 fully saturated rings. The summed E-state index contributed by atoms with van der Waals surface area (Å²) in [6.45, 7) is 5.94. The first kappa shape index (κ1) is 19.9. The minimum absolute atomic E-state index is 0.0555. The summed E-state index contributed by atoms with van der Waals surface area (Å²) < 4.78 is 0. The predicted molar refractivity (Wildman–Crippen MR) is 114 cm³/mol. The van der Waals surface area contributed by atoms with E-state index in [0.717, 1.165) is 35.6 Å². The molecule has 0 aliphatic carbocycles. The minimum atomic E-state index is -0.237. The molecule has 2 aromatic carbocycles. The summed E-state index contributed by atoms with van der Waals surface area (Å²) in [5, 5.41) is 5.67. The number of nitrogens with zero attached hydrogens (tertiary/aromatic N) is 1. The predicted octanol–water partition coefficient (Wildman–Crippen LogP) is 4.05. The third-order valence-corrected chi connectivity index (χ3v) is 5.30. The number of anilines is 2. The van der Waals surface area contributed by atoms with Crippen LogP contribution in [0.3, 0.4) is 0 Å². The van der Waals surface area contributed by atoms with Gasteiger partial charge in [0.25, 0.3) is 5.91 Å². The number of aryl methyl sites for hydroxylation is 2. The molecule has 1 aliphatic rings. The molecule has 5 nitrogen and oxygen atoms in total. The van der Waals surface area contributed by atoms with E-state index >= 15 is 0 Å². The summed E-state index contributed by atoms with van der Waals surface area (Å²) in [6.07, 6.45) is 4.87. The lowest BCUT2D eigenvalue weighted by atomic mass is 10.1. The Labute approximate surface area is 167 Å². The maximum atomic E-state index is 12.4. The highest BCUT2D eigenvalue weighted by atomic mass is 16.2. The Kier molecular flexibility index (Phi) is 6.69. The molecule has 2 aromatic rings. The summed E-state index contributed by atoms with van der Waals surface area (Å²) >= 11 is 0. The third-order valence-electron chi connectivity index (χ3n) is 5.30. The number of nitrogens with one attached hydrogen (secondary N) is 2. The van der Waals surface area contributed by atoms with Gasteiger partial charge in [-0.25, -0.2) is 0 Å². The quantitative estimate of drug-likeness (QED) is 0.824. The van der Waals surface area contributed by atoms with Gasteiger partial charge >= 0.3 is 0 Å². The second-order valence-electron chi connectivity index (χ2n) is 7.45. The number of hydrogen-bond donors (Lipinski definition) is 2. The van der Waals surface area contributed by atoms with Crippen molar-refractivity contribution in [2.24, 2.45) is 0 Å². The van der Waals surface area contributed by atoms with Gasteiger partial charge in [-0.2, -0.15) is 0 Å². The Balaban J connectivity index is 1.60. The lowest BCUT2D eigenvalue weighted by Gasteiger charge is -2.25. The van der Waals surface area contributed by atoms with Gasteiger partial charge in [0, 0.05) is 18.7 Å². The van der Waals surface area contributed by atoms with Gasteiger partial charge in [0.05, 0.1) is 17.9 Å². The van der Waals surface area contributed by atoms with E-state index in [4.69, 9.17) is 0 Å². The van der Waals surface area contributed by atoms with Gasteiger partial charge in [0.1, 0.15) is 0 Å². The Hall–Kier alpha value is -2.82. The summed E-state index contributed by atoms with van der Waals surface area (Å²) in [5.41, 5.74) is 4.62. The van der Waals surface area contributed by atoms with Crippen LogP contribution >= 0.6 is 0 Å². The topological polar surface area (TPSA) is 61.4 Å². The highest BCUT2D eigenvalue weighted by molar-refractivity contribution is 6.00. The zero-order valence-corrected chi connectivity index (χ0v) is 16.8. The zero-order valence-electron chi connectivity index (χ0n) is 16.8. The van der Waals surface area contributed by atoms with Gasteiger partial charge in [0.2, 0.25) is 5.91 Å². The molecule has 2 amide bonds. The molecule has 0 spiro atoms. The van der Waals surface area contributed by atoms with Crippen LogP contribution in [0.4, 0.5) is 11.4 Å². The van der Waals surface area contributed by atoms with Crippen LogP contribution in [0.15, 0.2) is 42.5 Å². The van der Waals surface area contributed by atoms with E-state index in [1.165, 1.54) is 25.7 Å². The number of hydrogen-bond acceptors (Lipinski definition) is 3. The Morgan fingerprint density at radius 3 is 2.36 bits per heavy atom. The molecule has 0 aromatic heterocycles. The number of carbonyl (C=O) groups excluding carboxylic acids is 2. The Morgan fingerprint density at radius 2 is 1.64 bits per heavy atom. The van der Waals surface area contributed by atoms with Crippen molar-refractivity contribution >= 4 is 23.2 Å². The van der Waals surface area contributed by atoms with Crippen molar-refractivity contribution in [2.45, 2.75) is 39.5 Å². The van der Waals surface area contributed by atoms with E-state index < -0.39 is 0 Å². The monoisotopic (exact) mass is 379 g/mol. The molecule has 3 rings (SSSR count). The first-order chi connectivity index (χ1) is 13.5. The van der Waals surface area contributed by atoms with Crippen LogP contribution in [-0.2, 0) is 4.79 Å². The van der Waals surface area contributed by atoms with E-state index in [9.17, 15) is 9.59 Å². The number of para-hydroxylation sites is 2. The fraction of sp³-hybridized carbons (Fsp3) is 0.391. The van der Waals surface area contributed by atoms with Crippen molar-refractivity contribution in [3.05, 3.63) is 59.2 Å². The molecule has 1 aliphatic heterocycles. The van der Waals surface area contributed by atoms with E-state index in [-0.39, 0.29) is 18.4 Å². The summed E-state index contributed by atoms with van der Waals surface area (Å²) in [7, 11) is 0. The van der Waals surface area contributed by atoms with Crippen molar-refractivity contribution in [3.63, 3.8) is 0 Å². The number of benzene rings is 2. The lowest BCUT2D eigenvalue weighted by Crippen LogP contribution is -2.33. The fourth-order valence-electron chi connectivity index (χ4n) is 3.51. The first-order valence-electron chi connectivity index (χ1n) is 10.0. The van der Waals surface area contributed by atoms with Crippen molar-refractivity contribution in [1.82, 2.24) is 5.32 Å². The number of amides is 2. The van der Waals surface area contributed by atoms with Crippen molar-refractivity contribution in [3.8, 4) is 0 Å². The van der Waals surface area contributed by atoms with Crippen molar-refractivity contribution in [2.75, 3.05) is 29.9 Å². The highest BCUT2D eigenvalue weighted by Crippen LogP contribution is 2.27. The average Bonchev–Trinajstić information content (AvgIpc) is 2.98. The van der Waals surface area contributed by atoms with Crippen molar-refractivity contribution < 1.29 is 9.59 Å². The van der Waals surface area contributed by atoms with E-state index in [1.807, 2.05) is 44.2 Å². The number of rotatable bonds is 5. The van der Waals surface area contributed by atoms with Crippen LogP contribution in [0.25, 0.3) is 0 Å². The molecule has 28 heavy (non-hydrogen) atoms. The maximum absolute atomic E-state index is 12.4. The molecule has 0 unspecified atom stereocenters. The zero-order chi connectivity index (χ0) is 19.9. The molecular formula is C23H29N3O2. The van der Waals surface area contributed by atoms with Crippen LogP contribution in [-0.4, -0.2) is 31.4 Å². The minimum Gasteiger partial charge on any atom is -0.370 e. The molecule has 1 saturated heterocycles. The van der Waals surface area contributed by atoms with Crippen molar-refractivity contribution in [1.29, 1.82) is 0 Å². The summed E-state index contributed by atoms with van der Waals surface area (Å²) in [5.74, 6) is -0.460. The molecule has 0 bridgehead atoms. The smallest absolute Gasteiger partial charge is 0.251 e. The molecule has 5 heteroatoms. The van der Waals surface area contributed by atoms with Gasteiger partial charge in [0.15, 0.2) is 0 Å². The van der Waals surface area contributed by atoms with E-state index in [2.05, 4.69) is 21.6 Å². The van der Waals surface area contributed by atoms with Crippen LogP contribution in [0, 0.1) is 13.8 Å². The highest BCUT2D eigenvalue weighted by Gasteiger charge is 2.15. The normalized spacial score (nSPS) is 14.3.